The molecule has 1 heterocycles. The SMILES string of the molecule is CCC(C)(C)C(O)CC[C@H]1C(OP)CC2OC(=O)CC21. The van der Waals surface area contributed by atoms with Crippen LogP contribution in [0, 0.1) is 17.3 Å². The summed E-state index contributed by atoms with van der Waals surface area (Å²) < 4.78 is 10.8. The minimum absolute atomic E-state index is 0.0226. The molecule has 0 bridgehead atoms. The number of rotatable bonds is 6. The zero-order valence-corrected chi connectivity index (χ0v) is 13.8. The molecular formula is C15H27O4P. The van der Waals surface area contributed by atoms with Crippen molar-refractivity contribution < 1.29 is 19.2 Å². The first-order chi connectivity index (χ1) is 9.39. The van der Waals surface area contributed by atoms with Crippen molar-refractivity contribution in [3.05, 3.63) is 0 Å². The van der Waals surface area contributed by atoms with E-state index in [0.717, 1.165) is 25.7 Å². The summed E-state index contributed by atoms with van der Waals surface area (Å²) in [7, 11) is 2.34. The molecule has 1 aliphatic heterocycles. The summed E-state index contributed by atoms with van der Waals surface area (Å²) >= 11 is 0. The monoisotopic (exact) mass is 302 g/mol. The number of fused-ring (bicyclic) bond motifs is 1. The molecule has 116 valence electrons. The number of esters is 1. The second kappa shape index (κ2) is 6.29. The van der Waals surface area contributed by atoms with Crippen molar-refractivity contribution in [2.45, 2.75) is 71.2 Å². The van der Waals surface area contributed by atoms with Gasteiger partial charge in [0.2, 0.25) is 0 Å². The van der Waals surface area contributed by atoms with Crippen LogP contribution in [0.3, 0.4) is 0 Å². The molecule has 6 atom stereocenters. The van der Waals surface area contributed by atoms with Crippen LogP contribution in [0.2, 0.25) is 0 Å². The maximum atomic E-state index is 11.4. The molecule has 1 aliphatic carbocycles. The lowest BCUT2D eigenvalue weighted by Crippen LogP contribution is -2.30. The third kappa shape index (κ3) is 3.18. The van der Waals surface area contributed by atoms with E-state index in [1.807, 2.05) is 0 Å². The lowest BCUT2D eigenvalue weighted by molar-refractivity contribution is -0.141. The number of carbonyl (C=O) groups is 1. The summed E-state index contributed by atoms with van der Waals surface area (Å²) in [6, 6.07) is 0. The fourth-order valence-electron chi connectivity index (χ4n) is 3.49. The molecule has 4 nitrogen and oxygen atoms in total. The molecule has 20 heavy (non-hydrogen) atoms. The van der Waals surface area contributed by atoms with E-state index in [9.17, 15) is 9.90 Å². The lowest BCUT2D eigenvalue weighted by atomic mass is 9.79. The van der Waals surface area contributed by atoms with E-state index in [2.05, 4.69) is 30.2 Å². The number of hydrogen-bond acceptors (Lipinski definition) is 4. The zero-order valence-electron chi connectivity index (χ0n) is 12.7. The second-order valence-electron chi connectivity index (χ2n) is 6.91. The van der Waals surface area contributed by atoms with Gasteiger partial charge in [0.1, 0.15) is 6.10 Å². The Balaban J connectivity index is 1.94. The molecule has 1 saturated heterocycles. The van der Waals surface area contributed by atoms with Crippen molar-refractivity contribution in [3.8, 4) is 0 Å². The summed E-state index contributed by atoms with van der Waals surface area (Å²) in [6.45, 7) is 6.30. The van der Waals surface area contributed by atoms with Gasteiger partial charge in [-0.3, -0.25) is 4.79 Å². The Kier molecular flexibility index (Phi) is 5.09. The van der Waals surface area contributed by atoms with Gasteiger partial charge in [-0.05, 0) is 30.6 Å². The smallest absolute Gasteiger partial charge is 0.306 e. The summed E-state index contributed by atoms with van der Waals surface area (Å²) in [6.07, 6.45) is 3.74. The molecule has 0 aromatic carbocycles. The number of aliphatic hydroxyl groups excluding tert-OH is 1. The van der Waals surface area contributed by atoms with Crippen molar-refractivity contribution in [2.75, 3.05) is 0 Å². The topological polar surface area (TPSA) is 55.8 Å². The first-order valence-corrected chi connectivity index (χ1v) is 8.09. The van der Waals surface area contributed by atoms with E-state index in [4.69, 9.17) is 9.26 Å². The first-order valence-electron chi connectivity index (χ1n) is 7.62. The second-order valence-corrected chi connectivity index (χ2v) is 7.18. The summed E-state index contributed by atoms with van der Waals surface area (Å²) in [5, 5.41) is 10.3. The lowest BCUT2D eigenvalue weighted by Gasteiger charge is -2.31. The van der Waals surface area contributed by atoms with Crippen molar-refractivity contribution in [3.63, 3.8) is 0 Å². The Morgan fingerprint density at radius 1 is 1.55 bits per heavy atom. The van der Waals surface area contributed by atoms with Gasteiger partial charge >= 0.3 is 5.97 Å². The third-order valence-corrected chi connectivity index (χ3v) is 5.77. The molecule has 0 spiro atoms. The Labute approximate surface area is 123 Å². The number of hydrogen-bond donors (Lipinski definition) is 1. The molecule has 2 fully saturated rings. The van der Waals surface area contributed by atoms with E-state index in [1.165, 1.54) is 0 Å². The Hall–Kier alpha value is -0.180. The predicted octanol–water partition coefficient (Wildman–Crippen LogP) is 2.69. The summed E-state index contributed by atoms with van der Waals surface area (Å²) in [5.41, 5.74) is -0.0582. The van der Waals surface area contributed by atoms with Gasteiger partial charge in [0.25, 0.3) is 0 Å². The van der Waals surface area contributed by atoms with Crippen LogP contribution in [0.4, 0.5) is 0 Å². The molecule has 1 N–H and O–H groups in total. The minimum Gasteiger partial charge on any atom is -0.462 e. The average molecular weight is 302 g/mol. The van der Waals surface area contributed by atoms with Crippen LogP contribution >= 0.6 is 9.47 Å². The van der Waals surface area contributed by atoms with Gasteiger partial charge in [-0.15, -0.1) is 0 Å². The summed E-state index contributed by atoms with van der Waals surface area (Å²) in [4.78, 5) is 11.4. The molecule has 1 saturated carbocycles. The van der Waals surface area contributed by atoms with Crippen molar-refractivity contribution >= 4 is 15.4 Å². The Morgan fingerprint density at radius 2 is 2.25 bits per heavy atom. The molecule has 0 radical (unpaired) electrons. The summed E-state index contributed by atoms with van der Waals surface area (Å²) in [5.74, 6) is 0.498. The van der Waals surface area contributed by atoms with Gasteiger partial charge < -0.3 is 14.4 Å². The van der Waals surface area contributed by atoms with Crippen molar-refractivity contribution in [1.29, 1.82) is 0 Å². The highest BCUT2D eigenvalue weighted by atomic mass is 31.0. The third-order valence-electron chi connectivity index (χ3n) is 5.42. The highest BCUT2D eigenvalue weighted by molar-refractivity contribution is 7.09. The van der Waals surface area contributed by atoms with Crippen molar-refractivity contribution in [2.24, 2.45) is 17.3 Å². The van der Waals surface area contributed by atoms with E-state index in [1.54, 1.807) is 0 Å². The van der Waals surface area contributed by atoms with Gasteiger partial charge in [-0.2, -0.15) is 0 Å². The van der Waals surface area contributed by atoms with Crippen LogP contribution in [0.1, 0.15) is 52.9 Å². The zero-order chi connectivity index (χ0) is 14.9. The fraction of sp³-hybridized carbons (Fsp3) is 0.933. The average Bonchev–Trinajstić information content (AvgIpc) is 2.91. The molecule has 2 aliphatic rings. The predicted molar refractivity (Wildman–Crippen MR) is 80.0 cm³/mol. The molecule has 0 aromatic rings. The molecule has 0 amide bonds. The van der Waals surface area contributed by atoms with Crippen LogP contribution in [-0.2, 0) is 14.1 Å². The Morgan fingerprint density at radius 3 is 2.85 bits per heavy atom. The van der Waals surface area contributed by atoms with E-state index < -0.39 is 0 Å². The quantitative estimate of drug-likeness (QED) is 0.605. The van der Waals surface area contributed by atoms with Crippen LogP contribution in [-0.4, -0.2) is 29.4 Å². The maximum absolute atomic E-state index is 11.4. The molecule has 5 unspecified atom stereocenters. The van der Waals surface area contributed by atoms with Crippen LogP contribution in [0.15, 0.2) is 0 Å². The van der Waals surface area contributed by atoms with Gasteiger partial charge in [0, 0.05) is 21.8 Å². The molecule has 0 aromatic heterocycles. The first kappa shape index (κ1) is 16.2. The molecule has 2 rings (SSSR count). The standard InChI is InChI=1S/C15H27O4P/c1-4-15(2,3)13(16)6-5-9-10-7-14(17)18-11(10)8-12(9)19-20/h9-13,16H,4-8,20H2,1-3H3/t9-,10?,11?,12?,13?/m1/s1. The maximum Gasteiger partial charge on any atom is 0.306 e. The van der Waals surface area contributed by atoms with E-state index in [0.29, 0.717) is 12.3 Å². The Bertz CT molecular complexity index is 358. The molecule has 5 heteroatoms. The van der Waals surface area contributed by atoms with Gasteiger partial charge in [-0.25, -0.2) is 0 Å². The minimum atomic E-state index is -0.310. The van der Waals surface area contributed by atoms with E-state index in [-0.39, 0.29) is 35.6 Å². The molecular weight excluding hydrogens is 275 g/mol. The van der Waals surface area contributed by atoms with Gasteiger partial charge in [0.05, 0.1) is 18.6 Å². The van der Waals surface area contributed by atoms with Crippen LogP contribution < -0.4 is 0 Å². The van der Waals surface area contributed by atoms with Gasteiger partial charge in [-0.1, -0.05) is 20.8 Å². The normalized spacial score (nSPS) is 35.0. The largest absolute Gasteiger partial charge is 0.462 e. The van der Waals surface area contributed by atoms with E-state index >= 15 is 0 Å². The van der Waals surface area contributed by atoms with Gasteiger partial charge in [0.15, 0.2) is 0 Å². The number of ether oxygens (including phenoxy) is 1. The number of carbonyl (C=O) groups excluding carboxylic acids is 1. The van der Waals surface area contributed by atoms with Crippen LogP contribution in [0.25, 0.3) is 0 Å². The van der Waals surface area contributed by atoms with Crippen molar-refractivity contribution in [1.82, 2.24) is 0 Å². The highest BCUT2D eigenvalue weighted by Crippen LogP contribution is 2.46. The van der Waals surface area contributed by atoms with Crippen LogP contribution in [0.5, 0.6) is 0 Å². The number of aliphatic hydroxyl groups is 1. The highest BCUT2D eigenvalue weighted by Gasteiger charge is 2.50. The fourth-order valence-corrected chi connectivity index (χ4v) is 3.80.